The van der Waals surface area contributed by atoms with Crippen LogP contribution in [-0.2, 0) is 14.4 Å². The maximum Gasteiger partial charge on any atom is 0.306 e. The van der Waals surface area contributed by atoms with E-state index in [-0.39, 0.29) is 29.8 Å². The molecule has 0 spiro atoms. The average molecular weight is 262 g/mol. The smallest absolute Gasteiger partial charge is 0.306 e. The van der Waals surface area contributed by atoms with E-state index < -0.39 is 11.9 Å². The second-order valence-electron chi connectivity index (χ2n) is 5.56. The van der Waals surface area contributed by atoms with Crippen molar-refractivity contribution in [3.8, 4) is 0 Å². The molecule has 0 radical (unpaired) electrons. The average Bonchev–Trinajstić information content (AvgIpc) is 2.59. The van der Waals surface area contributed by atoms with E-state index >= 15 is 0 Å². The molecule has 0 aromatic rings. The maximum absolute atomic E-state index is 12.2. The van der Waals surface area contributed by atoms with Crippen molar-refractivity contribution in [2.75, 3.05) is 0 Å². The maximum atomic E-state index is 12.2. The number of carboxylic acids is 1. The van der Waals surface area contributed by atoms with Gasteiger partial charge in [0.2, 0.25) is 0 Å². The fraction of sp³-hybridized carbons (Fsp3) is 0.533. The van der Waals surface area contributed by atoms with Crippen LogP contribution in [-0.4, -0.2) is 22.6 Å². The van der Waals surface area contributed by atoms with Gasteiger partial charge in [0.05, 0.1) is 5.92 Å². The molecule has 2 fully saturated rings. The number of fused-ring (bicyclic) bond motifs is 2. The van der Waals surface area contributed by atoms with Gasteiger partial charge in [-0.15, -0.1) is 0 Å². The molecule has 2 bridgehead atoms. The lowest BCUT2D eigenvalue weighted by Crippen LogP contribution is -2.14. The third kappa shape index (κ3) is 2.67. The van der Waals surface area contributed by atoms with E-state index in [0.717, 1.165) is 24.8 Å². The van der Waals surface area contributed by atoms with Gasteiger partial charge in [-0.3, -0.25) is 14.4 Å². The van der Waals surface area contributed by atoms with E-state index in [1.807, 2.05) is 0 Å². The molecule has 0 aromatic heterocycles. The van der Waals surface area contributed by atoms with E-state index in [1.165, 1.54) is 13.0 Å². The van der Waals surface area contributed by atoms with Crippen molar-refractivity contribution in [1.29, 1.82) is 0 Å². The molecule has 4 nitrogen and oxygen atoms in total. The summed E-state index contributed by atoms with van der Waals surface area (Å²) in [5.41, 5.74) is 1.56. The molecule has 0 aromatic carbocycles. The summed E-state index contributed by atoms with van der Waals surface area (Å²) in [6.07, 6.45) is 3.81. The van der Waals surface area contributed by atoms with Crippen LogP contribution in [0.4, 0.5) is 0 Å². The van der Waals surface area contributed by atoms with Crippen molar-refractivity contribution in [2.45, 2.75) is 32.6 Å². The number of hydrogen-bond donors (Lipinski definition) is 1. The van der Waals surface area contributed by atoms with Gasteiger partial charge in [-0.25, -0.2) is 0 Å². The molecular weight excluding hydrogens is 244 g/mol. The molecule has 4 heteroatoms. The highest BCUT2D eigenvalue weighted by molar-refractivity contribution is 6.07. The molecule has 0 aliphatic heterocycles. The highest BCUT2D eigenvalue weighted by atomic mass is 16.4. The summed E-state index contributed by atoms with van der Waals surface area (Å²) in [5, 5.41) is 8.78. The minimum absolute atomic E-state index is 0.0174. The summed E-state index contributed by atoms with van der Waals surface area (Å²) in [6.45, 7) is 5.41. The molecule has 3 unspecified atom stereocenters. The fourth-order valence-electron chi connectivity index (χ4n) is 2.89. The van der Waals surface area contributed by atoms with Crippen LogP contribution in [0.25, 0.3) is 0 Å². The normalized spacial score (nSPS) is 29.6. The molecule has 0 saturated heterocycles. The standard InChI is InChI=1S/C15H18O4/c1-8-3-4-10-6-12(8)14(17)13(10)7-11(16)5-9(2)15(18)19/h7,9-10,12H,1,3-6H2,2H3,(H,18,19). The van der Waals surface area contributed by atoms with Gasteiger partial charge in [0, 0.05) is 17.9 Å². The second-order valence-corrected chi connectivity index (χ2v) is 5.56. The Hall–Kier alpha value is -1.71. The summed E-state index contributed by atoms with van der Waals surface area (Å²) < 4.78 is 0. The van der Waals surface area contributed by atoms with Gasteiger partial charge < -0.3 is 5.11 Å². The van der Waals surface area contributed by atoms with E-state index in [1.54, 1.807) is 0 Å². The minimum atomic E-state index is -0.989. The molecule has 2 saturated carbocycles. The third-order valence-electron chi connectivity index (χ3n) is 4.11. The van der Waals surface area contributed by atoms with Crippen molar-refractivity contribution >= 4 is 17.5 Å². The van der Waals surface area contributed by atoms with Crippen molar-refractivity contribution in [3.63, 3.8) is 0 Å². The number of hydrogen-bond acceptors (Lipinski definition) is 3. The largest absolute Gasteiger partial charge is 0.481 e. The van der Waals surface area contributed by atoms with Crippen LogP contribution in [0.5, 0.6) is 0 Å². The molecule has 0 heterocycles. The van der Waals surface area contributed by atoms with E-state index in [2.05, 4.69) is 6.58 Å². The molecule has 2 aliphatic carbocycles. The van der Waals surface area contributed by atoms with Crippen LogP contribution in [0.3, 0.4) is 0 Å². The van der Waals surface area contributed by atoms with Gasteiger partial charge >= 0.3 is 5.97 Å². The Morgan fingerprint density at radius 2 is 2.21 bits per heavy atom. The summed E-state index contributed by atoms with van der Waals surface area (Å²) in [4.78, 5) is 34.7. The first-order chi connectivity index (χ1) is 8.90. The summed E-state index contributed by atoms with van der Waals surface area (Å²) >= 11 is 0. The molecule has 0 amide bonds. The number of carbonyl (C=O) groups excluding carboxylic acids is 2. The lowest BCUT2D eigenvalue weighted by molar-refractivity contribution is -0.142. The van der Waals surface area contributed by atoms with Gasteiger partial charge in [-0.1, -0.05) is 19.1 Å². The Kier molecular flexibility index (Phi) is 3.69. The highest BCUT2D eigenvalue weighted by Gasteiger charge is 2.42. The zero-order valence-electron chi connectivity index (χ0n) is 11.0. The number of aliphatic carboxylic acids is 1. The Labute approximate surface area is 112 Å². The van der Waals surface area contributed by atoms with Gasteiger partial charge in [0.25, 0.3) is 0 Å². The lowest BCUT2D eigenvalue weighted by atomic mass is 9.85. The molecule has 2 aliphatic rings. The van der Waals surface area contributed by atoms with Crippen LogP contribution in [0.1, 0.15) is 32.6 Å². The van der Waals surface area contributed by atoms with E-state index in [9.17, 15) is 14.4 Å². The first-order valence-corrected chi connectivity index (χ1v) is 6.59. The number of ketones is 2. The van der Waals surface area contributed by atoms with Crippen LogP contribution in [0.2, 0.25) is 0 Å². The van der Waals surface area contributed by atoms with Crippen LogP contribution >= 0.6 is 0 Å². The SMILES string of the molecule is C=C1CCC2CC1C(=O)C2=CC(=O)CC(C)C(=O)O. The number of allylic oxidation sites excluding steroid dienone is 3. The molecule has 1 N–H and O–H groups in total. The predicted molar refractivity (Wildman–Crippen MR) is 69.5 cm³/mol. The zero-order chi connectivity index (χ0) is 14.2. The lowest BCUT2D eigenvalue weighted by Gasteiger charge is -2.18. The van der Waals surface area contributed by atoms with Gasteiger partial charge in [-0.05, 0) is 31.3 Å². The zero-order valence-corrected chi connectivity index (χ0v) is 11.0. The quantitative estimate of drug-likeness (QED) is 0.622. The summed E-state index contributed by atoms with van der Waals surface area (Å²) in [5.74, 6) is -1.91. The Morgan fingerprint density at radius 3 is 2.79 bits per heavy atom. The highest BCUT2D eigenvalue weighted by Crippen LogP contribution is 2.45. The van der Waals surface area contributed by atoms with E-state index in [4.69, 9.17) is 5.11 Å². The molecular formula is C15H18O4. The van der Waals surface area contributed by atoms with Gasteiger partial charge in [0.1, 0.15) is 0 Å². The van der Waals surface area contributed by atoms with Crippen molar-refractivity contribution in [2.24, 2.45) is 17.8 Å². The Morgan fingerprint density at radius 1 is 1.53 bits per heavy atom. The predicted octanol–water partition coefficient (Wildman–Crippen LogP) is 2.15. The number of Topliss-reactive ketones (excluding diaryl/α,β-unsaturated/α-hetero) is 1. The fourth-order valence-corrected chi connectivity index (χ4v) is 2.89. The van der Waals surface area contributed by atoms with Crippen molar-refractivity contribution < 1.29 is 19.5 Å². The molecule has 19 heavy (non-hydrogen) atoms. The summed E-state index contributed by atoms with van der Waals surface area (Å²) in [7, 11) is 0. The van der Waals surface area contributed by atoms with Crippen LogP contribution in [0, 0.1) is 17.8 Å². The van der Waals surface area contributed by atoms with Crippen LogP contribution in [0.15, 0.2) is 23.8 Å². The monoisotopic (exact) mass is 262 g/mol. The Bertz CT molecular complexity index is 486. The first-order valence-electron chi connectivity index (χ1n) is 6.59. The van der Waals surface area contributed by atoms with Crippen LogP contribution < -0.4 is 0 Å². The minimum Gasteiger partial charge on any atom is -0.481 e. The summed E-state index contributed by atoms with van der Waals surface area (Å²) in [6, 6.07) is 0. The Balaban J connectivity index is 2.11. The van der Waals surface area contributed by atoms with Gasteiger partial charge in [0.15, 0.2) is 11.6 Å². The third-order valence-corrected chi connectivity index (χ3v) is 4.11. The van der Waals surface area contributed by atoms with Gasteiger partial charge in [-0.2, -0.15) is 0 Å². The van der Waals surface area contributed by atoms with Crippen molar-refractivity contribution in [1.82, 2.24) is 0 Å². The van der Waals surface area contributed by atoms with E-state index in [0.29, 0.717) is 5.57 Å². The van der Waals surface area contributed by atoms with Crippen molar-refractivity contribution in [3.05, 3.63) is 23.8 Å². The molecule has 102 valence electrons. The molecule has 3 atom stereocenters. The second kappa shape index (κ2) is 5.11. The number of carboxylic acid groups (broad SMARTS) is 1. The first kappa shape index (κ1) is 13.7. The molecule has 2 rings (SSSR count). The number of carbonyl (C=O) groups is 3. The number of rotatable bonds is 4. The topological polar surface area (TPSA) is 71.4 Å².